The number of amides is 3. The molecule has 0 aliphatic rings. The molecule has 1 heterocycles. The summed E-state index contributed by atoms with van der Waals surface area (Å²) in [7, 11) is 4.58. The van der Waals surface area contributed by atoms with Crippen molar-refractivity contribution in [1.29, 1.82) is 0 Å². The lowest BCUT2D eigenvalue weighted by molar-refractivity contribution is -0.140. The first kappa shape index (κ1) is 20.0. The van der Waals surface area contributed by atoms with E-state index >= 15 is 0 Å². The number of aryl methyl sites for hydroxylation is 1. The summed E-state index contributed by atoms with van der Waals surface area (Å²) in [4.78, 5) is 41.8. The van der Waals surface area contributed by atoms with Gasteiger partial charge in [-0.05, 0) is 35.4 Å². The lowest BCUT2D eigenvalue weighted by Crippen LogP contribution is -2.54. The van der Waals surface area contributed by atoms with Crippen LogP contribution in [0.5, 0.6) is 0 Å². The van der Waals surface area contributed by atoms with E-state index in [0.717, 1.165) is 27.1 Å². The van der Waals surface area contributed by atoms with E-state index in [4.69, 9.17) is 5.21 Å². The van der Waals surface area contributed by atoms with E-state index in [-0.39, 0.29) is 0 Å². The molecule has 3 aromatic rings. The smallest absolute Gasteiger partial charge is 0.275 e. The summed E-state index contributed by atoms with van der Waals surface area (Å²) in [6.45, 7) is 0. The molecule has 1 aromatic heterocycles. The standard InChI is InChI=1S/C20H21N5O4/c1-21-18(26)17(19(27)23-29)25(3)20(28)13-6-4-12(5-7-13)14-8-9-15-16(10-14)24(2)11-22-15/h4-11,17,29H,1-3H3,(H,21,26)(H,23,27). The third-order valence-electron chi connectivity index (χ3n) is 4.75. The van der Waals surface area contributed by atoms with Crippen molar-refractivity contribution in [2.24, 2.45) is 7.05 Å². The molecule has 0 bridgehead atoms. The molecule has 9 heteroatoms. The van der Waals surface area contributed by atoms with Crippen LogP contribution in [0.2, 0.25) is 0 Å². The maximum absolute atomic E-state index is 12.7. The number of carbonyl (C=O) groups is 3. The Bertz CT molecular complexity index is 1060. The number of likely N-dealkylation sites (N-methyl/N-ethyl adjacent to an activating group) is 2. The summed E-state index contributed by atoms with van der Waals surface area (Å²) in [5, 5.41) is 11.2. The van der Waals surface area contributed by atoms with Crippen molar-refractivity contribution in [3.8, 4) is 11.1 Å². The SMILES string of the molecule is CNC(=O)C(C(=O)NO)N(C)C(=O)c1ccc(-c2ccc3ncn(C)c3c2)cc1. The zero-order chi connectivity index (χ0) is 21.1. The maximum Gasteiger partial charge on any atom is 0.275 e. The van der Waals surface area contributed by atoms with Crippen molar-refractivity contribution >= 4 is 28.8 Å². The van der Waals surface area contributed by atoms with Crippen LogP contribution in [-0.2, 0) is 16.6 Å². The van der Waals surface area contributed by atoms with Gasteiger partial charge < -0.3 is 14.8 Å². The van der Waals surface area contributed by atoms with Gasteiger partial charge in [0.25, 0.3) is 17.7 Å². The van der Waals surface area contributed by atoms with Gasteiger partial charge in [-0.1, -0.05) is 18.2 Å². The van der Waals surface area contributed by atoms with E-state index in [1.807, 2.05) is 29.8 Å². The average molecular weight is 395 g/mol. The van der Waals surface area contributed by atoms with Gasteiger partial charge in [0, 0.05) is 26.7 Å². The van der Waals surface area contributed by atoms with Gasteiger partial charge in [0.05, 0.1) is 17.4 Å². The molecule has 1 unspecified atom stereocenters. The van der Waals surface area contributed by atoms with Crippen molar-refractivity contribution in [3.63, 3.8) is 0 Å². The van der Waals surface area contributed by atoms with Crippen LogP contribution in [0.25, 0.3) is 22.2 Å². The number of imidazole rings is 1. The second kappa shape index (κ2) is 8.11. The molecule has 0 fully saturated rings. The number of nitrogens with zero attached hydrogens (tertiary/aromatic N) is 3. The summed E-state index contributed by atoms with van der Waals surface area (Å²) in [5.41, 5.74) is 5.48. The molecular formula is C20H21N5O4. The first-order valence-corrected chi connectivity index (χ1v) is 8.81. The minimum Gasteiger partial charge on any atom is -0.357 e. The van der Waals surface area contributed by atoms with E-state index in [1.165, 1.54) is 19.6 Å². The second-order valence-corrected chi connectivity index (χ2v) is 6.55. The fourth-order valence-corrected chi connectivity index (χ4v) is 3.10. The summed E-state index contributed by atoms with van der Waals surface area (Å²) in [6, 6.07) is 11.2. The average Bonchev–Trinajstić information content (AvgIpc) is 3.13. The van der Waals surface area contributed by atoms with Gasteiger partial charge in [0.1, 0.15) is 0 Å². The Labute approximate surface area is 166 Å². The number of rotatable bonds is 5. The topological polar surface area (TPSA) is 117 Å². The molecule has 29 heavy (non-hydrogen) atoms. The summed E-state index contributed by atoms with van der Waals surface area (Å²) in [5.74, 6) is -2.24. The number of benzene rings is 2. The van der Waals surface area contributed by atoms with Crippen LogP contribution in [0.3, 0.4) is 0 Å². The Kier molecular flexibility index (Phi) is 5.60. The highest BCUT2D eigenvalue weighted by molar-refractivity contribution is 6.08. The molecule has 0 saturated carbocycles. The predicted octanol–water partition coefficient (Wildman–Crippen LogP) is 0.932. The molecule has 0 spiro atoms. The van der Waals surface area contributed by atoms with E-state index in [1.54, 1.807) is 30.6 Å². The highest BCUT2D eigenvalue weighted by Crippen LogP contribution is 2.24. The highest BCUT2D eigenvalue weighted by atomic mass is 16.5. The van der Waals surface area contributed by atoms with Crippen LogP contribution in [-0.4, -0.2) is 57.5 Å². The third-order valence-corrected chi connectivity index (χ3v) is 4.75. The van der Waals surface area contributed by atoms with Gasteiger partial charge in [-0.2, -0.15) is 0 Å². The molecule has 2 aromatic carbocycles. The van der Waals surface area contributed by atoms with Crippen molar-refractivity contribution in [2.75, 3.05) is 14.1 Å². The quantitative estimate of drug-likeness (QED) is 0.338. The van der Waals surface area contributed by atoms with Crippen LogP contribution in [0.1, 0.15) is 10.4 Å². The number of hydrogen-bond donors (Lipinski definition) is 3. The zero-order valence-electron chi connectivity index (χ0n) is 16.2. The summed E-state index contributed by atoms with van der Waals surface area (Å²) in [6.07, 6.45) is 1.75. The van der Waals surface area contributed by atoms with Crippen LogP contribution in [0.4, 0.5) is 0 Å². The van der Waals surface area contributed by atoms with Gasteiger partial charge >= 0.3 is 0 Å². The van der Waals surface area contributed by atoms with Crippen LogP contribution in [0.15, 0.2) is 48.8 Å². The lowest BCUT2D eigenvalue weighted by Gasteiger charge is -2.25. The molecule has 3 rings (SSSR count). The first-order chi connectivity index (χ1) is 13.9. The molecule has 150 valence electrons. The van der Waals surface area contributed by atoms with Crippen LogP contribution in [0, 0.1) is 0 Å². The number of aromatic nitrogens is 2. The Morgan fingerprint density at radius 1 is 1.07 bits per heavy atom. The van der Waals surface area contributed by atoms with Crippen LogP contribution >= 0.6 is 0 Å². The Morgan fingerprint density at radius 3 is 2.34 bits per heavy atom. The van der Waals surface area contributed by atoms with Crippen molar-refractivity contribution in [1.82, 2.24) is 25.2 Å². The van der Waals surface area contributed by atoms with E-state index < -0.39 is 23.8 Å². The van der Waals surface area contributed by atoms with E-state index in [2.05, 4.69) is 10.3 Å². The minimum atomic E-state index is -1.50. The van der Waals surface area contributed by atoms with E-state index in [9.17, 15) is 14.4 Å². The van der Waals surface area contributed by atoms with Crippen molar-refractivity contribution in [3.05, 3.63) is 54.4 Å². The Balaban J connectivity index is 1.86. The van der Waals surface area contributed by atoms with Crippen LogP contribution < -0.4 is 10.8 Å². The Morgan fingerprint density at radius 2 is 1.72 bits per heavy atom. The number of nitrogens with one attached hydrogen (secondary N) is 2. The lowest BCUT2D eigenvalue weighted by atomic mass is 10.0. The molecular weight excluding hydrogens is 374 g/mol. The summed E-state index contributed by atoms with van der Waals surface area (Å²) < 4.78 is 1.93. The van der Waals surface area contributed by atoms with Gasteiger partial charge in [0.15, 0.2) is 6.04 Å². The van der Waals surface area contributed by atoms with Crippen molar-refractivity contribution < 1.29 is 19.6 Å². The fourth-order valence-electron chi connectivity index (χ4n) is 3.10. The fraction of sp³-hybridized carbons (Fsp3) is 0.200. The summed E-state index contributed by atoms with van der Waals surface area (Å²) >= 11 is 0. The number of fused-ring (bicyclic) bond motifs is 1. The molecule has 0 aliphatic heterocycles. The second-order valence-electron chi connectivity index (χ2n) is 6.55. The van der Waals surface area contributed by atoms with Gasteiger partial charge in [-0.3, -0.25) is 19.6 Å². The molecule has 0 radical (unpaired) electrons. The number of hydroxylamine groups is 1. The third kappa shape index (κ3) is 3.81. The minimum absolute atomic E-state index is 0.303. The first-order valence-electron chi connectivity index (χ1n) is 8.81. The maximum atomic E-state index is 12.7. The molecule has 3 N–H and O–H groups in total. The van der Waals surface area contributed by atoms with Crippen molar-refractivity contribution in [2.45, 2.75) is 6.04 Å². The normalized spacial score (nSPS) is 11.7. The number of hydrogen-bond acceptors (Lipinski definition) is 5. The molecule has 0 aliphatic carbocycles. The van der Waals surface area contributed by atoms with Gasteiger partial charge in [-0.15, -0.1) is 0 Å². The highest BCUT2D eigenvalue weighted by Gasteiger charge is 2.33. The zero-order valence-corrected chi connectivity index (χ0v) is 16.2. The molecule has 3 amide bonds. The molecule has 1 atom stereocenters. The van der Waals surface area contributed by atoms with E-state index in [0.29, 0.717) is 5.56 Å². The predicted molar refractivity (Wildman–Crippen MR) is 106 cm³/mol. The van der Waals surface area contributed by atoms with Gasteiger partial charge in [0.2, 0.25) is 0 Å². The Hall–Kier alpha value is -3.72. The largest absolute Gasteiger partial charge is 0.357 e. The number of carbonyl (C=O) groups excluding carboxylic acids is 3. The molecule has 0 saturated heterocycles. The van der Waals surface area contributed by atoms with Gasteiger partial charge in [-0.25, -0.2) is 10.5 Å². The monoisotopic (exact) mass is 395 g/mol. The molecule has 9 nitrogen and oxygen atoms in total.